The van der Waals surface area contributed by atoms with Gasteiger partial charge in [-0.2, -0.15) is 15.4 Å². The Hall–Kier alpha value is -3.29. The number of carbonyl (C=O) groups is 1. The number of amides is 1. The van der Waals surface area contributed by atoms with E-state index in [1.807, 2.05) is 39.9 Å². The first kappa shape index (κ1) is 15.0. The summed E-state index contributed by atoms with van der Waals surface area (Å²) in [5, 5.41) is 10.7. The number of H-pyrrole nitrogens is 1. The van der Waals surface area contributed by atoms with Gasteiger partial charge in [-0.15, -0.1) is 0 Å². The van der Waals surface area contributed by atoms with Crippen molar-refractivity contribution in [2.24, 2.45) is 0 Å². The normalized spacial score (nSPS) is 17.8. The number of aromatic nitrogens is 6. The van der Waals surface area contributed by atoms with E-state index in [2.05, 4.69) is 25.4 Å². The highest BCUT2D eigenvalue weighted by molar-refractivity contribution is 5.97. The summed E-state index contributed by atoms with van der Waals surface area (Å²) in [6, 6.07) is 7.36. The number of nitrogens with zero attached hydrogens (tertiary/aromatic N) is 6. The van der Waals surface area contributed by atoms with Crippen LogP contribution in [-0.2, 0) is 0 Å². The van der Waals surface area contributed by atoms with E-state index < -0.39 is 0 Å². The molecule has 1 aromatic carbocycles. The Morgan fingerprint density at radius 1 is 1.12 bits per heavy atom. The van der Waals surface area contributed by atoms with Crippen molar-refractivity contribution in [3.8, 4) is 0 Å². The lowest BCUT2D eigenvalue weighted by Crippen LogP contribution is -2.39. The molecule has 0 aliphatic carbocycles. The zero-order valence-electron chi connectivity index (χ0n) is 14.0. The molecule has 0 saturated carbocycles. The molecule has 4 heterocycles. The van der Waals surface area contributed by atoms with Crippen LogP contribution in [0.4, 0.5) is 0 Å². The van der Waals surface area contributed by atoms with Crippen molar-refractivity contribution >= 4 is 22.7 Å². The van der Waals surface area contributed by atoms with E-state index in [-0.39, 0.29) is 11.9 Å². The SMILES string of the molecule is O=C(c1ccc2n[nH]nc2c1)N1CCCC[C@H]1c1ccn2ccnc2n1. The lowest BCUT2D eigenvalue weighted by atomic mass is 9.98. The molecule has 26 heavy (non-hydrogen) atoms. The third-order valence-electron chi connectivity index (χ3n) is 4.95. The summed E-state index contributed by atoms with van der Waals surface area (Å²) in [5.41, 5.74) is 2.96. The van der Waals surface area contributed by atoms with Gasteiger partial charge in [-0.05, 0) is 43.5 Å². The average molecular weight is 347 g/mol. The van der Waals surface area contributed by atoms with E-state index in [4.69, 9.17) is 0 Å². The van der Waals surface area contributed by atoms with Gasteiger partial charge >= 0.3 is 0 Å². The van der Waals surface area contributed by atoms with Crippen molar-refractivity contribution in [3.05, 3.63) is 54.1 Å². The van der Waals surface area contributed by atoms with Crippen LogP contribution in [0.15, 0.2) is 42.9 Å². The van der Waals surface area contributed by atoms with Crippen LogP contribution >= 0.6 is 0 Å². The van der Waals surface area contributed by atoms with Gasteiger partial charge in [0.15, 0.2) is 0 Å². The Morgan fingerprint density at radius 3 is 3.00 bits per heavy atom. The van der Waals surface area contributed by atoms with Crippen molar-refractivity contribution in [3.63, 3.8) is 0 Å². The summed E-state index contributed by atoms with van der Waals surface area (Å²) in [5.74, 6) is 0.661. The Morgan fingerprint density at radius 2 is 2.04 bits per heavy atom. The molecule has 8 heteroatoms. The van der Waals surface area contributed by atoms with Crippen LogP contribution in [0.2, 0.25) is 0 Å². The number of hydrogen-bond acceptors (Lipinski definition) is 5. The monoisotopic (exact) mass is 347 g/mol. The fourth-order valence-electron chi connectivity index (χ4n) is 3.62. The van der Waals surface area contributed by atoms with Crippen LogP contribution in [-0.4, -0.2) is 47.1 Å². The molecule has 1 saturated heterocycles. The molecule has 0 radical (unpaired) electrons. The lowest BCUT2D eigenvalue weighted by Gasteiger charge is -2.35. The molecule has 1 N–H and O–H groups in total. The number of benzene rings is 1. The van der Waals surface area contributed by atoms with Gasteiger partial charge in [-0.25, -0.2) is 9.97 Å². The van der Waals surface area contributed by atoms with Crippen LogP contribution in [0.5, 0.6) is 0 Å². The number of nitrogens with one attached hydrogen (secondary N) is 1. The second-order valence-corrected chi connectivity index (χ2v) is 6.52. The van der Waals surface area contributed by atoms with E-state index in [9.17, 15) is 4.79 Å². The summed E-state index contributed by atoms with van der Waals surface area (Å²) >= 11 is 0. The van der Waals surface area contributed by atoms with Crippen LogP contribution in [0, 0.1) is 0 Å². The molecule has 8 nitrogen and oxygen atoms in total. The molecule has 5 rings (SSSR count). The highest BCUT2D eigenvalue weighted by Crippen LogP contribution is 2.31. The summed E-state index contributed by atoms with van der Waals surface area (Å²) in [6.07, 6.45) is 8.52. The molecule has 1 aliphatic heterocycles. The first-order chi connectivity index (χ1) is 12.8. The molecule has 130 valence electrons. The second-order valence-electron chi connectivity index (χ2n) is 6.52. The maximum atomic E-state index is 13.2. The first-order valence-electron chi connectivity index (χ1n) is 8.71. The average Bonchev–Trinajstić information content (AvgIpc) is 3.35. The Balaban J connectivity index is 1.51. The molecule has 0 spiro atoms. The predicted molar refractivity (Wildman–Crippen MR) is 94.5 cm³/mol. The molecule has 0 bridgehead atoms. The summed E-state index contributed by atoms with van der Waals surface area (Å²) in [7, 11) is 0. The quantitative estimate of drug-likeness (QED) is 0.601. The number of piperidine rings is 1. The molecule has 1 fully saturated rings. The molecule has 3 aromatic heterocycles. The highest BCUT2D eigenvalue weighted by Gasteiger charge is 2.30. The standard InChI is InChI=1S/C18H17N7O/c26-17(12-4-5-13-15(11-12)22-23-21-13)25-8-2-1-3-16(25)14-6-9-24-10-7-19-18(24)20-14/h4-7,9-11,16H,1-3,8H2,(H,21,22,23)/t16-/m0/s1. The van der Waals surface area contributed by atoms with Gasteiger partial charge in [0.25, 0.3) is 5.91 Å². The maximum absolute atomic E-state index is 13.2. The zero-order valence-corrected chi connectivity index (χ0v) is 14.0. The largest absolute Gasteiger partial charge is 0.330 e. The molecular weight excluding hydrogens is 330 g/mol. The van der Waals surface area contributed by atoms with Crippen LogP contribution in [0.25, 0.3) is 16.8 Å². The topological polar surface area (TPSA) is 92.1 Å². The van der Waals surface area contributed by atoms with E-state index in [0.717, 1.165) is 37.0 Å². The highest BCUT2D eigenvalue weighted by atomic mass is 16.2. The smallest absolute Gasteiger partial charge is 0.254 e. The number of likely N-dealkylation sites (tertiary alicyclic amines) is 1. The van der Waals surface area contributed by atoms with E-state index >= 15 is 0 Å². The van der Waals surface area contributed by atoms with E-state index in [1.54, 1.807) is 12.3 Å². The summed E-state index contributed by atoms with van der Waals surface area (Å²) < 4.78 is 1.87. The molecule has 1 aliphatic rings. The molecule has 0 unspecified atom stereocenters. The van der Waals surface area contributed by atoms with Gasteiger partial charge < -0.3 is 4.90 Å². The number of carbonyl (C=O) groups excluding carboxylic acids is 1. The fourth-order valence-corrected chi connectivity index (χ4v) is 3.62. The van der Waals surface area contributed by atoms with E-state index in [1.165, 1.54) is 0 Å². The summed E-state index contributed by atoms with van der Waals surface area (Å²) in [6.45, 7) is 0.724. The van der Waals surface area contributed by atoms with Crippen molar-refractivity contribution in [2.75, 3.05) is 6.54 Å². The third-order valence-corrected chi connectivity index (χ3v) is 4.95. The van der Waals surface area contributed by atoms with E-state index in [0.29, 0.717) is 16.9 Å². The minimum absolute atomic E-state index is 0.00427. The maximum Gasteiger partial charge on any atom is 0.254 e. The van der Waals surface area contributed by atoms with Crippen molar-refractivity contribution < 1.29 is 4.79 Å². The fraction of sp³-hybridized carbons (Fsp3) is 0.278. The molecule has 4 aromatic rings. The number of hydrogen-bond donors (Lipinski definition) is 1. The molecular formula is C18H17N7O. The van der Waals surface area contributed by atoms with Gasteiger partial charge in [0.05, 0.1) is 11.7 Å². The van der Waals surface area contributed by atoms with Gasteiger partial charge in [0.1, 0.15) is 11.0 Å². The minimum atomic E-state index is -0.0362. The van der Waals surface area contributed by atoms with Crippen molar-refractivity contribution in [1.29, 1.82) is 0 Å². The Bertz CT molecular complexity index is 1100. The Labute approximate surface area is 148 Å². The zero-order chi connectivity index (χ0) is 17.5. The second kappa shape index (κ2) is 5.91. The van der Waals surface area contributed by atoms with Crippen molar-refractivity contribution in [2.45, 2.75) is 25.3 Å². The number of imidazole rings is 1. The first-order valence-corrected chi connectivity index (χ1v) is 8.71. The van der Waals surface area contributed by atoms with Crippen LogP contribution in [0.3, 0.4) is 0 Å². The number of rotatable bonds is 2. The van der Waals surface area contributed by atoms with Gasteiger partial charge in [-0.3, -0.25) is 9.20 Å². The number of aromatic amines is 1. The Kier molecular flexibility index (Phi) is 3.41. The van der Waals surface area contributed by atoms with Crippen molar-refractivity contribution in [1.82, 2.24) is 34.7 Å². The van der Waals surface area contributed by atoms with Crippen LogP contribution in [0.1, 0.15) is 41.4 Å². The minimum Gasteiger partial charge on any atom is -0.330 e. The summed E-state index contributed by atoms with van der Waals surface area (Å²) in [4.78, 5) is 24.0. The predicted octanol–water partition coefficient (Wildman–Crippen LogP) is 2.37. The third kappa shape index (κ3) is 2.42. The molecule has 1 amide bonds. The number of fused-ring (bicyclic) bond motifs is 2. The van der Waals surface area contributed by atoms with Gasteiger partial charge in [-0.1, -0.05) is 0 Å². The van der Waals surface area contributed by atoms with Gasteiger partial charge in [0, 0.05) is 30.7 Å². The lowest BCUT2D eigenvalue weighted by molar-refractivity contribution is 0.0606. The van der Waals surface area contributed by atoms with Gasteiger partial charge in [0.2, 0.25) is 5.78 Å². The molecule has 1 atom stereocenters. The van der Waals surface area contributed by atoms with Crippen LogP contribution < -0.4 is 0 Å².